The Kier molecular flexibility index (Phi) is 11.5. The van der Waals surface area contributed by atoms with E-state index in [1.54, 1.807) is 12.1 Å². The monoisotopic (exact) mass is 639 g/mol. The van der Waals surface area contributed by atoms with Gasteiger partial charge in [-0.1, -0.05) is 56.3 Å². The second-order valence-corrected chi connectivity index (χ2v) is 13.0. The van der Waals surface area contributed by atoms with Gasteiger partial charge in [-0.2, -0.15) is 0 Å². The fourth-order valence-electron chi connectivity index (χ4n) is 5.64. The summed E-state index contributed by atoms with van der Waals surface area (Å²) < 4.78 is 4.93. The molecule has 2 saturated heterocycles. The minimum absolute atomic E-state index is 0.101. The lowest BCUT2D eigenvalue weighted by molar-refractivity contribution is -0.149. The highest BCUT2D eigenvalue weighted by Crippen LogP contribution is 2.49. The highest BCUT2D eigenvalue weighted by atomic mass is 32.2. The number of nitrogens with one attached hydrogen (secondary N) is 3. The van der Waals surface area contributed by atoms with E-state index in [-0.39, 0.29) is 35.3 Å². The van der Waals surface area contributed by atoms with Crippen molar-refractivity contribution in [3.05, 3.63) is 65.7 Å². The van der Waals surface area contributed by atoms with Crippen LogP contribution < -0.4 is 21.7 Å². The van der Waals surface area contributed by atoms with E-state index in [9.17, 15) is 29.1 Å². The fourth-order valence-corrected chi connectivity index (χ4v) is 7.34. The molecule has 12 nitrogen and oxygen atoms in total. The highest BCUT2D eigenvalue weighted by molar-refractivity contribution is 8.00. The van der Waals surface area contributed by atoms with Gasteiger partial charge < -0.3 is 36.4 Å². The normalized spacial score (nSPS) is 22.2. The minimum Gasteiger partial charge on any atom is -0.508 e. The van der Waals surface area contributed by atoms with Gasteiger partial charge in [-0.05, 0) is 54.9 Å². The van der Waals surface area contributed by atoms with E-state index < -0.39 is 53.8 Å². The molecule has 6 atom stereocenters. The number of fused-ring (bicyclic) bond motifs is 1. The number of hydrogen-bond acceptors (Lipinski definition) is 9. The third-order valence-corrected chi connectivity index (χ3v) is 9.45. The number of carbonyl (C=O) groups is 5. The number of piperidine rings is 1. The van der Waals surface area contributed by atoms with Gasteiger partial charge in [0, 0.05) is 0 Å². The molecule has 0 radical (unpaired) electrons. The van der Waals surface area contributed by atoms with Crippen LogP contribution in [0.4, 0.5) is 0 Å². The quantitative estimate of drug-likeness (QED) is 0.214. The maximum Gasteiger partial charge on any atom is 0.328 e. The number of benzene rings is 2. The number of phenolic OH excluding ortho intramolecular Hbond substituents is 1. The van der Waals surface area contributed by atoms with Crippen LogP contribution in [0.1, 0.15) is 49.5 Å². The van der Waals surface area contributed by atoms with Gasteiger partial charge in [-0.3, -0.25) is 19.2 Å². The molecule has 2 aromatic carbocycles. The van der Waals surface area contributed by atoms with Crippen LogP contribution in [0.2, 0.25) is 0 Å². The van der Waals surface area contributed by atoms with Crippen molar-refractivity contribution in [1.29, 1.82) is 0 Å². The predicted molar refractivity (Wildman–Crippen MR) is 169 cm³/mol. The average Bonchev–Trinajstić information content (AvgIpc) is 3.42. The lowest BCUT2D eigenvalue weighted by atomic mass is 9.97. The van der Waals surface area contributed by atoms with Crippen molar-refractivity contribution in [1.82, 2.24) is 20.9 Å². The van der Waals surface area contributed by atoms with Crippen LogP contribution >= 0.6 is 11.8 Å². The number of thioether (sulfide) groups is 1. The van der Waals surface area contributed by atoms with E-state index in [1.165, 1.54) is 35.9 Å². The fraction of sp³-hybridized carbons (Fsp3) is 0.469. The van der Waals surface area contributed by atoms with E-state index in [0.717, 1.165) is 11.1 Å². The van der Waals surface area contributed by atoms with E-state index in [1.807, 2.05) is 44.2 Å². The largest absolute Gasteiger partial charge is 0.508 e. The zero-order chi connectivity index (χ0) is 32.7. The van der Waals surface area contributed by atoms with E-state index in [0.29, 0.717) is 19.3 Å². The molecular formula is C32H41N5O7S. The number of carbonyl (C=O) groups excluding carboxylic acids is 5. The van der Waals surface area contributed by atoms with Crippen LogP contribution in [0.25, 0.3) is 0 Å². The van der Waals surface area contributed by atoms with Gasteiger partial charge >= 0.3 is 5.97 Å². The summed E-state index contributed by atoms with van der Waals surface area (Å²) in [5.41, 5.74) is 7.62. The number of ether oxygens (including phenoxy) is 1. The summed E-state index contributed by atoms with van der Waals surface area (Å²) in [6, 6.07) is 12.1. The third kappa shape index (κ3) is 8.54. The maximum absolute atomic E-state index is 13.9. The Bertz CT molecular complexity index is 1370. The second-order valence-electron chi connectivity index (χ2n) is 11.7. The Balaban J connectivity index is 1.43. The van der Waals surface area contributed by atoms with Gasteiger partial charge in [-0.15, -0.1) is 11.8 Å². The number of phenols is 1. The van der Waals surface area contributed by atoms with Crippen LogP contribution in [-0.4, -0.2) is 82.8 Å². The van der Waals surface area contributed by atoms with Crippen molar-refractivity contribution in [2.45, 2.75) is 74.3 Å². The molecule has 0 spiro atoms. The smallest absolute Gasteiger partial charge is 0.328 e. The third-order valence-electron chi connectivity index (χ3n) is 7.85. The van der Waals surface area contributed by atoms with Crippen molar-refractivity contribution < 1.29 is 33.8 Å². The Morgan fingerprint density at radius 2 is 1.76 bits per heavy atom. The first-order chi connectivity index (χ1) is 21.5. The average molecular weight is 640 g/mol. The number of aromatic hydroxyl groups is 1. The van der Waals surface area contributed by atoms with Gasteiger partial charge in [0.15, 0.2) is 0 Å². The zero-order valence-electron chi connectivity index (χ0n) is 25.6. The molecule has 2 aromatic rings. The number of nitrogens with two attached hydrogens (primary N) is 1. The van der Waals surface area contributed by atoms with Crippen molar-refractivity contribution >= 4 is 41.4 Å². The Labute approximate surface area is 266 Å². The van der Waals surface area contributed by atoms with Crippen LogP contribution in [0.5, 0.6) is 5.75 Å². The number of hydrogen-bond donors (Lipinski definition) is 5. The highest BCUT2D eigenvalue weighted by Gasteiger charge is 2.52. The van der Waals surface area contributed by atoms with Gasteiger partial charge in [0.1, 0.15) is 23.9 Å². The van der Waals surface area contributed by atoms with Gasteiger partial charge in [0.25, 0.3) is 0 Å². The first-order valence-corrected chi connectivity index (χ1v) is 15.9. The summed E-state index contributed by atoms with van der Waals surface area (Å²) >= 11 is 1.51. The summed E-state index contributed by atoms with van der Waals surface area (Å²) in [5.74, 6) is -2.33. The van der Waals surface area contributed by atoms with E-state index in [2.05, 4.69) is 16.0 Å². The summed E-state index contributed by atoms with van der Waals surface area (Å²) in [6.07, 6.45) is 1.48. The number of nitrogens with zero attached hydrogens (tertiary/aromatic N) is 1. The molecule has 4 amide bonds. The van der Waals surface area contributed by atoms with Gasteiger partial charge in [0.2, 0.25) is 23.6 Å². The molecule has 242 valence electrons. The molecule has 0 saturated carbocycles. The molecular weight excluding hydrogens is 598 g/mol. The van der Waals surface area contributed by atoms with Crippen molar-refractivity contribution in [2.24, 2.45) is 11.7 Å². The first kappa shape index (κ1) is 33.8. The Morgan fingerprint density at radius 3 is 2.40 bits per heavy atom. The molecule has 0 aromatic heterocycles. The molecule has 2 aliphatic rings. The Hall–Kier alpha value is -4.10. The zero-order valence-corrected chi connectivity index (χ0v) is 26.4. The SMILES string of the molecule is COC(=O)[C@H](CC(C)C)NC(=O)[C@@H]1[C@H](c2ccccc2)S[C@H]2CC[C@H](NC(=O)CNC(=O)[C@@H](N)Cc3ccc(O)cc3)C(=O)N21. The number of esters is 1. The van der Waals surface area contributed by atoms with Crippen LogP contribution in [0, 0.1) is 5.92 Å². The van der Waals surface area contributed by atoms with Crippen molar-refractivity contribution in [3.8, 4) is 5.75 Å². The van der Waals surface area contributed by atoms with E-state index in [4.69, 9.17) is 10.5 Å². The summed E-state index contributed by atoms with van der Waals surface area (Å²) in [5, 5.41) is 16.8. The molecule has 45 heavy (non-hydrogen) atoms. The topological polar surface area (TPSA) is 180 Å². The summed E-state index contributed by atoms with van der Waals surface area (Å²) in [4.78, 5) is 67.1. The van der Waals surface area contributed by atoms with Crippen LogP contribution in [0.15, 0.2) is 54.6 Å². The molecule has 13 heteroatoms. The first-order valence-electron chi connectivity index (χ1n) is 15.0. The molecule has 0 aliphatic carbocycles. The minimum atomic E-state index is -0.925. The van der Waals surface area contributed by atoms with Crippen LogP contribution in [0.3, 0.4) is 0 Å². The number of methoxy groups -OCH3 is 1. The molecule has 6 N–H and O–H groups in total. The lowest BCUT2D eigenvalue weighted by Crippen LogP contribution is -2.61. The number of rotatable bonds is 12. The predicted octanol–water partition coefficient (Wildman–Crippen LogP) is 1.37. The lowest BCUT2D eigenvalue weighted by Gasteiger charge is -2.37. The standard InChI is InChI=1S/C32H41N5O7S/c1-18(2)15-24(32(43)44-3)36-30(41)27-28(20-7-5-4-6-8-20)45-26-14-13-23(31(42)37(26)27)35-25(39)17-34-29(40)22(33)16-19-9-11-21(38)12-10-19/h4-12,18,22-24,26-28,38H,13-17,33H2,1-3H3,(H,34,40)(H,35,39)(H,36,41)/t22-,23-,24-,26-,27-,28-/m0/s1. The molecule has 0 bridgehead atoms. The number of amides is 4. The molecule has 4 rings (SSSR count). The van der Waals surface area contributed by atoms with E-state index >= 15 is 0 Å². The van der Waals surface area contributed by atoms with Crippen molar-refractivity contribution in [2.75, 3.05) is 13.7 Å². The molecule has 2 fully saturated rings. The molecule has 2 aliphatic heterocycles. The second kappa shape index (κ2) is 15.3. The molecule has 2 heterocycles. The van der Waals surface area contributed by atoms with Gasteiger partial charge in [-0.25, -0.2) is 4.79 Å². The summed E-state index contributed by atoms with van der Waals surface area (Å²) in [6.45, 7) is 3.49. The molecule has 0 unspecified atom stereocenters. The van der Waals surface area contributed by atoms with Gasteiger partial charge in [0.05, 0.1) is 30.3 Å². The Morgan fingerprint density at radius 1 is 1.07 bits per heavy atom. The summed E-state index contributed by atoms with van der Waals surface area (Å²) in [7, 11) is 1.27. The van der Waals surface area contributed by atoms with Crippen LogP contribution in [-0.2, 0) is 35.1 Å². The maximum atomic E-state index is 13.9. The van der Waals surface area contributed by atoms with Crippen molar-refractivity contribution in [3.63, 3.8) is 0 Å².